The van der Waals surface area contributed by atoms with Gasteiger partial charge in [-0.15, -0.1) is 11.3 Å². The number of carbonyl (C=O) groups is 1. The van der Waals surface area contributed by atoms with Crippen molar-refractivity contribution in [2.75, 3.05) is 6.61 Å². The number of esters is 1. The third-order valence-electron chi connectivity index (χ3n) is 4.12. The maximum Gasteiger partial charge on any atom is 0.422 e. The molecule has 4 nitrogen and oxygen atoms in total. The predicted octanol–water partition coefficient (Wildman–Crippen LogP) is 4.69. The molecule has 28 heavy (non-hydrogen) atoms. The Kier molecular flexibility index (Phi) is 7.26. The molecule has 0 unspecified atom stereocenters. The zero-order chi connectivity index (χ0) is 20.8. The fraction of sp³-hybridized carbons (Fsp3) is 0.350. The quantitative estimate of drug-likeness (QED) is 0.487. The van der Waals surface area contributed by atoms with Gasteiger partial charge in [0.2, 0.25) is 0 Å². The Hall–Kier alpha value is -2.32. The lowest BCUT2D eigenvalue weighted by molar-refractivity contribution is -0.265. The molecule has 152 valence electrons. The minimum Gasteiger partial charge on any atom is -0.463 e. The smallest absolute Gasteiger partial charge is 0.422 e. The van der Waals surface area contributed by atoms with Crippen LogP contribution >= 0.6 is 11.3 Å². The Morgan fingerprint density at radius 1 is 1.25 bits per heavy atom. The van der Waals surface area contributed by atoms with Gasteiger partial charge >= 0.3 is 12.1 Å². The minimum absolute atomic E-state index is 0.0666. The van der Waals surface area contributed by atoms with Gasteiger partial charge < -0.3 is 15.2 Å². The van der Waals surface area contributed by atoms with Gasteiger partial charge in [-0.1, -0.05) is 36.4 Å². The Morgan fingerprint density at radius 3 is 2.46 bits per heavy atom. The Balaban J connectivity index is 2.36. The first-order valence-electron chi connectivity index (χ1n) is 8.69. The average Bonchev–Trinajstić information content (AvgIpc) is 3.16. The molecule has 0 saturated carbocycles. The summed E-state index contributed by atoms with van der Waals surface area (Å²) in [5.74, 6) is -0.777. The number of thiophene rings is 1. The zero-order valence-corrected chi connectivity index (χ0v) is 16.3. The highest BCUT2D eigenvalue weighted by Crippen LogP contribution is 2.45. The zero-order valence-electron chi connectivity index (χ0n) is 15.5. The van der Waals surface area contributed by atoms with Gasteiger partial charge in [-0.2, -0.15) is 13.2 Å². The van der Waals surface area contributed by atoms with Gasteiger partial charge in [0.1, 0.15) is 0 Å². The molecule has 0 radical (unpaired) electrons. The number of halogens is 3. The molecule has 0 saturated heterocycles. The van der Waals surface area contributed by atoms with Crippen molar-refractivity contribution in [3.8, 4) is 0 Å². The minimum atomic E-state index is -4.93. The van der Waals surface area contributed by atoms with Gasteiger partial charge in [0.25, 0.3) is 0 Å². The summed E-state index contributed by atoms with van der Waals surface area (Å²) < 4.78 is 46.1. The van der Waals surface area contributed by atoms with Crippen LogP contribution in [0.4, 0.5) is 13.2 Å². The van der Waals surface area contributed by atoms with Crippen molar-refractivity contribution < 1.29 is 27.8 Å². The Bertz CT molecular complexity index is 791. The van der Waals surface area contributed by atoms with Crippen molar-refractivity contribution in [2.24, 2.45) is 0 Å². The number of nitrogens with one attached hydrogen (secondary N) is 1. The first kappa shape index (κ1) is 22.0. The summed E-state index contributed by atoms with van der Waals surface area (Å²) in [5.41, 5.74) is -2.37. The highest BCUT2D eigenvalue weighted by Gasteiger charge is 2.56. The second-order valence-corrected chi connectivity index (χ2v) is 7.16. The molecule has 0 spiro atoms. The van der Waals surface area contributed by atoms with Crippen molar-refractivity contribution in [1.82, 2.24) is 5.32 Å². The van der Waals surface area contributed by atoms with E-state index in [9.17, 15) is 23.1 Å². The van der Waals surface area contributed by atoms with E-state index >= 15 is 0 Å². The van der Waals surface area contributed by atoms with Gasteiger partial charge in [0.05, 0.1) is 6.61 Å². The second kappa shape index (κ2) is 9.25. The fourth-order valence-electron chi connectivity index (χ4n) is 2.69. The standard InChI is InChI=1S/C20H22F3NO3S/c1-3-27-18(25)12-16(24-14(2)15-8-5-4-6-9-15)13-19(26,20(21,22)23)17-10-7-11-28-17/h4-12,14,24,26H,3,13H2,1-2H3/b16-12+/t14-,19-/m1/s1. The normalized spacial score (nSPS) is 15.6. The van der Waals surface area contributed by atoms with Crippen LogP contribution in [0.1, 0.15) is 36.8 Å². The van der Waals surface area contributed by atoms with E-state index in [1.165, 1.54) is 17.5 Å². The summed E-state index contributed by atoms with van der Waals surface area (Å²) in [6, 6.07) is 11.3. The average molecular weight is 413 g/mol. The molecular formula is C20H22F3NO3S. The predicted molar refractivity (Wildman–Crippen MR) is 102 cm³/mol. The third kappa shape index (κ3) is 5.36. The number of alkyl halides is 3. The summed E-state index contributed by atoms with van der Waals surface area (Å²) in [6.07, 6.45) is -4.80. The molecule has 0 bridgehead atoms. The highest BCUT2D eigenvalue weighted by atomic mass is 32.1. The first-order chi connectivity index (χ1) is 13.2. The monoisotopic (exact) mass is 413 g/mol. The lowest BCUT2D eigenvalue weighted by Gasteiger charge is -2.31. The van der Waals surface area contributed by atoms with Gasteiger partial charge in [0.15, 0.2) is 5.60 Å². The van der Waals surface area contributed by atoms with Gasteiger partial charge in [-0.05, 0) is 30.9 Å². The largest absolute Gasteiger partial charge is 0.463 e. The topological polar surface area (TPSA) is 58.6 Å². The van der Waals surface area contributed by atoms with Crippen LogP contribution in [0.25, 0.3) is 0 Å². The van der Waals surface area contributed by atoms with E-state index in [0.29, 0.717) is 0 Å². The third-order valence-corrected chi connectivity index (χ3v) is 5.15. The summed E-state index contributed by atoms with van der Waals surface area (Å²) >= 11 is 0.802. The van der Waals surface area contributed by atoms with Gasteiger partial charge in [-0.3, -0.25) is 0 Å². The Labute approximate surface area is 165 Å². The molecule has 0 fully saturated rings. The molecule has 2 rings (SSSR count). The van der Waals surface area contributed by atoms with Crippen LogP contribution in [0, 0.1) is 0 Å². The van der Waals surface area contributed by atoms with E-state index in [2.05, 4.69) is 5.32 Å². The fourth-order valence-corrected chi connectivity index (χ4v) is 3.53. The molecule has 2 atom stereocenters. The molecule has 0 amide bonds. The molecule has 8 heteroatoms. The maximum absolute atomic E-state index is 13.8. The number of hydrogen-bond acceptors (Lipinski definition) is 5. The number of benzene rings is 1. The van der Waals surface area contributed by atoms with Crippen molar-refractivity contribution in [2.45, 2.75) is 38.1 Å². The lowest BCUT2D eigenvalue weighted by Crippen LogP contribution is -2.43. The SMILES string of the molecule is CCOC(=O)/C=C(\C[C@@](O)(c1cccs1)C(F)(F)F)N[C@H](C)c1ccccc1. The van der Waals surface area contributed by atoms with E-state index in [-0.39, 0.29) is 23.2 Å². The summed E-state index contributed by atoms with van der Waals surface area (Å²) in [5, 5.41) is 14.9. The molecule has 0 aliphatic heterocycles. The highest BCUT2D eigenvalue weighted by molar-refractivity contribution is 7.10. The van der Waals surface area contributed by atoms with E-state index in [1.807, 2.05) is 18.2 Å². The van der Waals surface area contributed by atoms with E-state index in [1.54, 1.807) is 26.0 Å². The van der Waals surface area contributed by atoms with Crippen LogP contribution in [0.15, 0.2) is 59.6 Å². The number of ether oxygens (including phenoxy) is 1. The second-order valence-electron chi connectivity index (χ2n) is 6.21. The number of aliphatic hydroxyl groups is 1. The molecule has 1 aromatic heterocycles. The first-order valence-corrected chi connectivity index (χ1v) is 9.57. The molecule has 0 aliphatic rings. The molecule has 2 N–H and O–H groups in total. The molecule has 2 aromatic rings. The van der Waals surface area contributed by atoms with E-state index < -0.39 is 24.2 Å². The summed E-state index contributed by atoms with van der Waals surface area (Å²) in [4.78, 5) is 11.6. The van der Waals surface area contributed by atoms with Gasteiger partial charge in [-0.25, -0.2) is 4.79 Å². The molecular weight excluding hydrogens is 391 g/mol. The Morgan fingerprint density at radius 2 is 1.93 bits per heavy atom. The van der Waals surface area contributed by atoms with Crippen LogP contribution in [-0.2, 0) is 15.1 Å². The van der Waals surface area contributed by atoms with Crippen molar-refractivity contribution in [3.63, 3.8) is 0 Å². The van der Waals surface area contributed by atoms with Crippen LogP contribution in [-0.4, -0.2) is 23.9 Å². The van der Waals surface area contributed by atoms with E-state index in [0.717, 1.165) is 23.0 Å². The van der Waals surface area contributed by atoms with Gasteiger partial charge in [0, 0.05) is 29.1 Å². The molecule has 1 heterocycles. The van der Waals surface area contributed by atoms with Crippen molar-refractivity contribution in [1.29, 1.82) is 0 Å². The maximum atomic E-state index is 13.8. The molecule has 0 aliphatic carbocycles. The number of hydrogen-bond donors (Lipinski definition) is 2. The van der Waals surface area contributed by atoms with Crippen molar-refractivity contribution in [3.05, 3.63) is 70.1 Å². The van der Waals surface area contributed by atoms with Crippen molar-refractivity contribution >= 4 is 17.3 Å². The van der Waals surface area contributed by atoms with Crippen LogP contribution in [0.5, 0.6) is 0 Å². The van der Waals surface area contributed by atoms with Crippen LogP contribution in [0.2, 0.25) is 0 Å². The summed E-state index contributed by atoms with van der Waals surface area (Å²) in [6.45, 7) is 3.45. The van der Waals surface area contributed by atoms with E-state index in [4.69, 9.17) is 4.74 Å². The lowest BCUT2D eigenvalue weighted by atomic mass is 9.94. The van der Waals surface area contributed by atoms with Crippen LogP contribution in [0.3, 0.4) is 0 Å². The summed E-state index contributed by atoms with van der Waals surface area (Å²) in [7, 11) is 0. The number of rotatable bonds is 8. The molecule has 1 aromatic carbocycles. The number of carbonyl (C=O) groups excluding carboxylic acids is 1. The van der Waals surface area contributed by atoms with Crippen LogP contribution < -0.4 is 5.32 Å².